The Hall–Kier alpha value is -4.39. The summed E-state index contributed by atoms with van der Waals surface area (Å²) < 4.78 is 63.9. The van der Waals surface area contributed by atoms with Gasteiger partial charge in [-0.25, -0.2) is 9.59 Å². The monoisotopic (exact) mass is 608 g/mol. The van der Waals surface area contributed by atoms with Crippen LogP contribution >= 0.6 is 0 Å². The van der Waals surface area contributed by atoms with Crippen LogP contribution in [0.1, 0.15) is 31.9 Å². The average molecular weight is 609 g/mol. The second kappa shape index (κ2) is 15.2. The number of carbonyl (C=O) groups is 4. The molecule has 2 aromatic rings. The molecule has 2 aromatic carbocycles. The fraction of sp³-hybridized carbons (Fsp3) is 0.400. The molecule has 2 atom stereocenters. The van der Waals surface area contributed by atoms with Crippen molar-refractivity contribution in [2.24, 2.45) is 0 Å². The van der Waals surface area contributed by atoms with Crippen LogP contribution in [0.3, 0.4) is 0 Å². The van der Waals surface area contributed by atoms with Crippen molar-refractivity contribution < 1.29 is 51.3 Å². The van der Waals surface area contributed by atoms with Gasteiger partial charge in [-0.3, -0.25) is 14.5 Å². The van der Waals surface area contributed by atoms with Crippen molar-refractivity contribution in [3.63, 3.8) is 0 Å². The van der Waals surface area contributed by atoms with E-state index in [0.717, 1.165) is 12.1 Å². The van der Waals surface area contributed by atoms with Gasteiger partial charge in [-0.15, -0.1) is 0 Å². The lowest BCUT2D eigenvalue weighted by Crippen LogP contribution is -2.61. The Morgan fingerprint density at radius 1 is 0.953 bits per heavy atom. The minimum atomic E-state index is -5.28. The lowest BCUT2D eigenvalue weighted by molar-refractivity contribution is -0.266. The third kappa shape index (κ3) is 9.84. The number of carbonyl (C=O) groups excluding carboxylic acids is 4. The molecule has 0 aliphatic rings. The van der Waals surface area contributed by atoms with Gasteiger partial charge in [-0.2, -0.15) is 13.2 Å². The summed E-state index contributed by atoms with van der Waals surface area (Å²) in [7, 11) is 0.700. The summed E-state index contributed by atoms with van der Waals surface area (Å²) in [5.74, 6) is -3.87. The standard InChI is InChI=1S/C30H35F3N2O8/c1-6-17-41-24(36)19-35(27(39)42-20-21-13-9-7-10-14-21)18-23(25(37)43-28(2,3)4)34-26(38)29(40-5,30(31,32)33)22-15-11-8-12-16-22/h6-16,23H,1,17-20H2,2-5H3,(H,34,38)/t23-,29+/m0/s1. The molecule has 0 unspecified atom stereocenters. The number of ether oxygens (including phenoxy) is 4. The summed E-state index contributed by atoms with van der Waals surface area (Å²) in [6.07, 6.45) is -5.11. The van der Waals surface area contributed by atoms with Crippen LogP contribution < -0.4 is 5.32 Å². The van der Waals surface area contributed by atoms with Crippen LogP contribution in [-0.4, -0.2) is 73.5 Å². The first kappa shape index (κ1) is 34.8. The van der Waals surface area contributed by atoms with Crippen molar-refractivity contribution in [1.82, 2.24) is 10.2 Å². The zero-order chi connectivity index (χ0) is 32.3. The van der Waals surface area contributed by atoms with E-state index >= 15 is 0 Å². The Morgan fingerprint density at radius 3 is 2.05 bits per heavy atom. The molecule has 0 radical (unpaired) electrons. The van der Waals surface area contributed by atoms with Crippen molar-refractivity contribution in [1.29, 1.82) is 0 Å². The van der Waals surface area contributed by atoms with Gasteiger partial charge in [-0.05, 0) is 26.3 Å². The Balaban J connectivity index is 2.48. The number of halogens is 3. The first-order valence-corrected chi connectivity index (χ1v) is 13.1. The third-order valence-corrected chi connectivity index (χ3v) is 5.75. The van der Waals surface area contributed by atoms with Crippen LogP contribution in [0.15, 0.2) is 73.3 Å². The number of esters is 2. The quantitative estimate of drug-likeness (QED) is 0.203. The van der Waals surface area contributed by atoms with Gasteiger partial charge in [0.25, 0.3) is 11.5 Å². The van der Waals surface area contributed by atoms with E-state index in [-0.39, 0.29) is 13.2 Å². The molecule has 10 nitrogen and oxygen atoms in total. The molecule has 0 heterocycles. The summed E-state index contributed by atoms with van der Waals surface area (Å²) >= 11 is 0. The molecule has 1 N–H and O–H groups in total. The second-order valence-electron chi connectivity index (χ2n) is 10.2. The Labute approximate surface area is 247 Å². The molecule has 0 saturated carbocycles. The topological polar surface area (TPSA) is 120 Å². The largest absolute Gasteiger partial charge is 0.460 e. The van der Waals surface area contributed by atoms with Crippen molar-refractivity contribution in [3.05, 3.63) is 84.4 Å². The first-order chi connectivity index (χ1) is 20.1. The molecule has 13 heteroatoms. The summed E-state index contributed by atoms with van der Waals surface area (Å²) in [5, 5.41) is 2.04. The molecule has 0 bridgehead atoms. The number of nitrogens with one attached hydrogen (secondary N) is 1. The van der Waals surface area contributed by atoms with Crippen LogP contribution in [-0.2, 0) is 45.5 Å². The van der Waals surface area contributed by atoms with Gasteiger partial charge < -0.3 is 24.3 Å². The Bertz CT molecular complexity index is 1250. The minimum absolute atomic E-state index is 0.197. The number of nitrogens with zero attached hydrogens (tertiary/aromatic N) is 1. The van der Waals surface area contributed by atoms with E-state index in [1.165, 1.54) is 45.0 Å². The zero-order valence-electron chi connectivity index (χ0n) is 24.3. The highest BCUT2D eigenvalue weighted by molar-refractivity contribution is 5.92. The average Bonchev–Trinajstić information content (AvgIpc) is 2.94. The molecular formula is C30H35F3N2O8. The predicted octanol–water partition coefficient (Wildman–Crippen LogP) is 4.29. The molecular weight excluding hydrogens is 573 g/mol. The van der Waals surface area contributed by atoms with Crippen molar-refractivity contribution in [3.8, 4) is 0 Å². The lowest BCUT2D eigenvalue weighted by atomic mass is 9.91. The molecule has 0 saturated heterocycles. The van der Waals surface area contributed by atoms with Gasteiger partial charge >= 0.3 is 24.2 Å². The number of alkyl halides is 3. The minimum Gasteiger partial charge on any atom is -0.460 e. The highest BCUT2D eigenvalue weighted by atomic mass is 19.4. The van der Waals surface area contributed by atoms with E-state index in [9.17, 15) is 32.3 Å². The van der Waals surface area contributed by atoms with Gasteiger partial charge in [0.05, 0.1) is 6.54 Å². The number of rotatable bonds is 13. The zero-order valence-corrected chi connectivity index (χ0v) is 24.3. The fourth-order valence-electron chi connectivity index (χ4n) is 3.82. The molecule has 0 spiro atoms. The first-order valence-electron chi connectivity index (χ1n) is 13.1. The van der Waals surface area contributed by atoms with E-state index in [1.807, 2.05) is 5.32 Å². The third-order valence-electron chi connectivity index (χ3n) is 5.75. The summed E-state index contributed by atoms with van der Waals surface area (Å²) in [6, 6.07) is 12.7. The van der Waals surface area contributed by atoms with Gasteiger partial charge in [0.15, 0.2) is 0 Å². The van der Waals surface area contributed by atoms with Gasteiger partial charge in [0, 0.05) is 12.7 Å². The normalized spacial score (nSPS) is 13.6. The van der Waals surface area contributed by atoms with Gasteiger partial charge in [0.2, 0.25) is 0 Å². The Morgan fingerprint density at radius 2 is 1.53 bits per heavy atom. The molecule has 0 aliphatic heterocycles. The van der Waals surface area contributed by atoms with Crippen LogP contribution in [0.2, 0.25) is 0 Å². The van der Waals surface area contributed by atoms with Crippen molar-refractivity contribution in [2.45, 2.75) is 50.8 Å². The predicted molar refractivity (Wildman–Crippen MR) is 148 cm³/mol. The maximum atomic E-state index is 14.5. The van der Waals surface area contributed by atoms with Crippen molar-refractivity contribution >= 4 is 23.9 Å². The number of benzene rings is 2. The summed E-state index contributed by atoms with van der Waals surface area (Å²) in [5.41, 5.74) is -4.63. The van der Waals surface area contributed by atoms with E-state index in [0.29, 0.717) is 17.6 Å². The van der Waals surface area contributed by atoms with Gasteiger partial charge in [0.1, 0.15) is 31.4 Å². The number of hydrogen-bond donors (Lipinski definition) is 1. The molecule has 234 valence electrons. The molecule has 0 fully saturated rings. The molecule has 0 aliphatic carbocycles. The molecule has 43 heavy (non-hydrogen) atoms. The SMILES string of the molecule is C=CCOC(=O)CN(C[C@H](NC(=O)[C@](OC)(c1ccccc1)C(F)(F)F)C(=O)OC(C)(C)C)C(=O)OCc1ccccc1. The van der Waals surface area contributed by atoms with E-state index in [1.54, 1.807) is 30.3 Å². The second-order valence-corrected chi connectivity index (χ2v) is 10.2. The smallest absolute Gasteiger partial charge is 0.430 e. The van der Waals surface area contributed by atoms with E-state index in [4.69, 9.17) is 18.9 Å². The molecule has 2 amide bonds. The fourth-order valence-corrected chi connectivity index (χ4v) is 3.82. The maximum Gasteiger partial charge on any atom is 0.430 e. The summed E-state index contributed by atoms with van der Waals surface area (Å²) in [6.45, 7) is 5.92. The van der Waals surface area contributed by atoms with Crippen LogP contribution in [0.5, 0.6) is 0 Å². The van der Waals surface area contributed by atoms with Crippen LogP contribution in [0.25, 0.3) is 0 Å². The van der Waals surface area contributed by atoms with Crippen molar-refractivity contribution in [2.75, 3.05) is 26.8 Å². The number of hydrogen-bond acceptors (Lipinski definition) is 8. The number of amides is 2. The highest BCUT2D eigenvalue weighted by Gasteiger charge is 2.63. The van der Waals surface area contributed by atoms with Crippen LogP contribution in [0, 0.1) is 0 Å². The molecule has 0 aromatic heterocycles. The number of methoxy groups -OCH3 is 1. The van der Waals surface area contributed by atoms with Gasteiger partial charge in [-0.1, -0.05) is 73.3 Å². The maximum absolute atomic E-state index is 14.5. The van der Waals surface area contributed by atoms with Crippen LogP contribution in [0.4, 0.5) is 18.0 Å². The lowest BCUT2D eigenvalue weighted by Gasteiger charge is -2.35. The molecule has 2 rings (SSSR count). The Kier molecular flexibility index (Phi) is 12.3. The highest BCUT2D eigenvalue weighted by Crippen LogP contribution is 2.42. The van der Waals surface area contributed by atoms with E-state index < -0.39 is 66.0 Å². The van der Waals surface area contributed by atoms with E-state index in [2.05, 4.69) is 6.58 Å². The summed E-state index contributed by atoms with van der Waals surface area (Å²) in [4.78, 5) is 52.9.